The molecular formula is C16H20N2. The molecule has 18 heavy (non-hydrogen) atoms. The number of benzene rings is 2. The van der Waals surface area contributed by atoms with Crippen molar-refractivity contribution in [1.82, 2.24) is 0 Å². The molecule has 0 radical (unpaired) electrons. The number of nitrogens with one attached hydrogen (secondary N) is 2. The van der Waals surface area contributed by atoms with Crippen LogP contribution in [0.4, 0.5) is 11.4 Å². The fourth-order valence-electron chi connectivity index (χ4n) is 2.01. The molecule has 0 aliphatic heterocycles. The maximum Gasteiger partial charge on any atom is 0.0598 e. The van der Waals surface area contributed by atoms with Crippen LogP contribution >= 0.6 is 0 Å². The fraction of sp³-hybridized carbons (Fsp3) is 0.250. The average Bonchev–Trinajstić information content (AvgIpc) is 2.33. The molecule has 94 valence electrons. The van der Waals surface area contributed by atoms with Crippen LogP contribution in [0.25, 0.3) is 0 Å². The van der Waals surface area contributed by atoms with Crippen LogP contribution in [0.3, 0.4) is 0 Å². The van der Waals surface area contributed by atoms with Gasteiger partial charge in [-0.2, -0.15) is 0 Å². The summed E-state index contributed by atoms with van der Waals surface area (Å²) in [5.41, 5.74) is 13.9. The summed E-state index contributed by atoms with van der Waals surface area (Å²) in [6.45, 7) is 8.43. The van der Waals surface area contributed by atoms with Gasteiger partial charge in [-0.1, -0.05) is 30.3 Å². The Kier molecular flexibility index (Phi) is 3.56. The Balaban J connectivity index is 2.19. The largest absolute Gasteiger partial charge is 0.301 e. The molecule has 2 aromatic carbocycles. The summed E-state index contributed by atoms with van der Waals surface area (Å²) in [4.78, 5) is 0. The van der Waals surface area contributed by atoms with E-state index in [4.69, 9.17) is 0 Å². The van der Waals surface area contributed by atoms with Crippen molar-refractivity contribution in [2.24, 2.45) is 0 Å². The van der Waals surface area contributed by atoms with Crippen molar-refractivity contribution in [1.29, 1.82) is 0 Å². The summed E-state index contributed by atoms with van der Waals surface area (Å²) >= 11 is 0. The van der Waals surface area contributed by atoms with Crippen molar-refractivity contribution in [3.05, 3.63) is 58.7 Å². The van der Waals surface area contributed by atoms with Crippen LogP contribution in [-0.2, 0) is 0 Å². The van der Waals surface area contributed by atoms with Crippen LogP contribution in [0, 0.1) is 27.7 Å². The van der Waals surface area contributed by atoms with Gasteiger partial charge < -0.3 is 10.9 Å². The zero-order valence-corrected chi connectivity index (χ0v) is 11.5. The monoisotopic (exact) mass is 240 g/mol. The molecule has 0 fully saturated rings. The Morgan fingerprint density at radius 3 is 2.06 bits per heavy atom. The van der Waals surface area contributed by atoms with Crippen LogP contribution in [0.5, 0.6) is 0 Å². The summed E-state index contributed by atoms with van der Waals surface area (Å²) in [6.07, 6.45) is 0. The van der Waals surface area contributed by atoms with E-state index in [1.165, 1.54) is 22.3 Å². The minimum Gasteiger partial charge on any atom is -0.301 e. The average molecular weight is 240 g/mol. The standard InChI is InChI=1S/C16H20N2/c1-11-8-9-12(2)15(10-11)17-18-16-13(3)6-5-7-14(16)4/h5-10,17-18H,1-4H3. The first kappa shape index (κ1) is 12.5. The number of aryl methyl sites for hydroxylation is 4. The molecule has 2 N–H and O–H groups in total. The minimum absolute atomic E-state index is 1.12. The highest BCUT2D eigenvalue weighted by atomic mass is 15.4. The van der Waals surface area contributed by atoms with E-state index in [1.807, 2.05) is 0 Å². The van der Waals surface area contributed by atoms with Gasteiger partial charge in [0, 0.05) is 0 Å². The molecule has 0 aromatic heterocycles. The summed E-state index contributed by atoms with van der Waals surface area (Å²) in [5, 5.41) is 0. The number of hydrazine groups is 1. The number of para-hydroxylation sites is 1. The lowest BCUT2D eigenvalue weighted by Crippen LogP contribution is -2.12. The van der Waals surface area contributed by atoms with E-state index in [1.54, 1.807) is 0 Å². The molecule has 2 heteroatoms. The minimum atomic E-state index is 1.12. The summed E-state index contributed by atoms with van der Waals surface area (Å²) in [5.74, 6) is 0. The van der Waals surface area contributed by atoms with Gasteiger partial charge >= 0.3 is 0 Å². The highest BCUT2D eigenvalue weighted by Gasteiger charge is 2.02. The Hall–Kier alpha value is -1.96. The maximum atomic E-state index is 3.32. The van der Waals surface area contributed by atoms with E-state index in [0.717, 1.165) is 11.4 Å². The number of hydrogen-bond donors (Lipinski definition) is 2. The smallest absolute Gasteiger partial charge is 0.0598 e. The van der Waals surface area contributed by atoms with Gasteiger partial charge in [-0.15, -0.1) is 0 Å². The number of hydrogen-bond acceptors (Lipinski definition) is 2. The highest BCUT2D eigenvalue weighted by Crippen LogP contribution is 2.21. The van der Waals surface area contributed by atoms with Crippen molar-refractivity contribution in [3.63, 3.8) is 0 Å². The van der Waals surface area contributed by atoms with Gasteiger partial charge in [0.25, 0.3) is 0 Å². The fourth-order valence-corrected chi connectivity index (χ4v) is 2.01. The van der Waals surface area contributed by atoms with E-state index in [2.05, 4.69) is 74.9 Å². The highest BCUT2D eigenvalue weighted by molar-refractivity contribution is 5.62. The van der Waals surface area contributed by atoms with Crippen LogP contribution in [-0.4, -0.2) is 0 Å². The van der Waals surface area contributed by atoms with Crippen LogP contribution in [0.1, 0.15) is 22.3 Å². The Labute approximate surface area is 109 Å². The molecule has 2 rings (SSSR count). The van der Waals surface area contributed by atoms with Gasteiger partial charge in [-0.05, 0) is 56.0 Å². The SMILES string of the molecule is Cc1ccc(C)c(NNc2c(C)cccc2C)c1. The lowest BCUT2D eigenvalue weighted by Gasteiger charge is -2.16. The van der Waals surface area contributed by atoms with Gasteiger partial charge in [0.2, 0.25) is 0 Å². The molecule has 0 amide bonds. The molecule has 0 spiro atoms. The van der Waals surface area contributed by atoms with Gasteiger partial charge in [-0.25, -0.2) is 0 Å². The first-order valence-corrected chi connectivity index (χ1v) is 6.23. The van der Waals surface area contributed by atoms with Crippen LogP contribution < -0.4 is 10.9 Å². The van der Waals surface area contributed by atoms with Gasteiger partial charge in [-0.3, -0.25) is 0 Å². The zero-order chi connectivity index (χ0) is 13.1. The molecule has 0 atom stereocenters. The summed E-state index contributed by atoms with van der Waals surface area (Å²) < 4.78 is 0. The third kappa shape index (κ3) is 2.65. The second-order valence-corrected chi connectivity index (χ2v) is 4.84. The summed E-state index contributed by atoms with van der Waals surface area (Å²) in [6, 6.07) is 12.7. The van der Waals surface area contributed by atoms with Crippen molar-refractivity contribution >= 4 is 11.4 Å². The first-order chi connectivity index (χ1) is 8.58. The molecule has 2 nitrogen and oxygen atoms in total. The molecule has 0 heterocycles. The third-order valence-corrected chi connectivity index (χ3v) is 3.20. The van der Waals surface area contributed by atoms with Crippen molar-refractivity contribution < 1.29 is 0 Å². The topological polar surface area (TPSA) is 24.1 Å². The molecule has 0 aliphatic rings. The molecular weight excluding hydrogens is 220 g/mol. The third-order valence-electron chi connectivity index (χ3n) is 3.20. The Bertz CT molecular complexity index is 539. The quantitative estimate of drug-likeness (QED) is 0.779. The predicted octanol–water partition coefficient (Wildman–Crippen LogP) is 4.36. The molecule has 0 saturated carbocycles. The Morgan fingerprint density at radius 2 is 1.39 bits per heavy atom. The lowest BCUT2D eigenvalue weighted by molar-refractivity contribution is 1.28. The predicted molar refractivity (Wildman–Crippen MR) is 79.1 cm³/mol. The first-order valence-electron chi connectivity index (χ1n) is 6.23. The van der Waals surface area contributed by atoms with Crippen molar-refractivity contribution in [2.45, 2.75) is 27.7 Å². The Morgan fingerprint density at radius 1 is 0.722 bits per heavy atom. The molecule has 0 unspecified atom stereocenters. The maximum absolute atomic E-state index is 3.32. The van der Waals surface area contributed by atoms with Crippen molar-refractivity contribution in [3.8, 4) is 0 Å². The van der Waals surface area contributed by atoms with E-state index < -0.39 is 0 Å². The van der Waals surface area contributed by atoms with E-state index in [0.29, 0.717) is 0 Å². The number of anilines is 2. The van der Waals surface area contributed by atoms with Gasteiger partial charge in [0.15, 0.2) is 0 Å². The second-order valence-electron chi connectivity index (χ2n) is 4.84. The molecule has 0 saturated heterocycles. The van der Waals surface area contributed by atoms with Gasteiger partial charge in [0.05, 0.1) is 11.4 Å². The lowest BCUT2D eigenvalue weighted by atomic mass is 10.1. The zero-order valence-electron chi connectivity index (χ0n) is 11.5. The second kappa shape index (κ2) is 5.13. The van der Waals surface area contributed by atoms with Crippen LogP contribution in [0.2, 0.25) is 0 Å². The van der Waals surface area contributed by atoms with E-state index >= 15 is 0 Å². The van der Waals surface area contributed by atoms with E-state index in [-0.39, 0.29) is 0 Å². The molecule has 2 aromatic rings. The number of rotatable bonds is 3. The molecule has 0 aliphatic carbocycles. The van der Waals surface area contributed by atoms with Gasteiger partial charge in [0.1, 0.15) is 0 Å². The van der Waals surface area contributed by atoms with E-state index in [9.17, 15) is 0 Å². The normalized spacial score (nSPS) is 10.2. The van der Waals surface area contributed by atoms with Crippen LogP contribution in [0.15, 0.2) is 36.4 Å². The molecule has 0 bridgehead atoms. The van der Waals surface area contributed by atoms with Crippen molar-refractivity contribution in [2.75, 3.05) is 10.9 Å². The summed E-state index contributed by atoms with van der Waals surface area (Å²) in [7, 11) is 0.